The van der Waals surface area contributed by atoms with Crippen molar-refractivity contribution >= 4 is 5.69 Å². The SMILES string of the molecule is C=CN1CC(C)(C)c2cc(-c3ccc(C)n3C)ccc21. The van der Waals surface area contributed by atoms with E-state index in [1.165, 1.54) is 28.2 Å². The maximum atomic E-state index is 3.93. The van der Waals surface area contributed by atoms with Crippen molar-refractivity contribution in [2.45, 2.75) is 26.2 Å². The molecule has 20 heavy (non-hydrogen) atoms. The number of hydrogen-bond acceptors (Lipinski definition) is 1. The van der Waals surface area contributed by atoms with Crippen molar-refractivity contribution in [2.75, 3.05) is 11.4 Å². The van der Waals surface area contributed by atoms with Crippen LogP contribution in [0.3, 0.4) is 0 Å². The van der Waals surface area contributed by atoms with Crippen molar-refractivity contribution in [1.29, 1.82) is 0 Å². The van der Waals surface area contributed by atoms with Gasteiger partial charge >= 0.3 is 0 Å². The van der Waals surface area contributed by atoms with Crippen LogP contribution in [0.15, 0.2) is 43.1 Å². The molecule has 0 fully saturated rings. The van der Waals surface area contributed by atoms with Gasteiger partial charge in [-0.2, -0.15) is 0 Å². The monoisotopic (exact) mass is 266 g/mol. The zero-order valence-corrected chi connectivity index (χ0v) is 12.8. The predicted molar refractivity (Wildman–Crippen MR) is 86.2 cm³/mol. The quantitative estimate of drug-likeness (QED) is 0.789. The number of hydrogen-bond donors (Lipinski definition) is 0. The fourth-order valence-corrected chi connectivity index (χ4v) is 3.15. The number of nitrogens with zero attached hydrogens (tertiary/aromatic N) is 2. The molecule has 0 saturated carbocycles. The molecule has 2 nitrogen and oxygen atoms in total. The number of benzene rings is 1. The zero-order valence-electron chi connectivity index (χ0n) is 12.8. The standard InChI is InChI=1S/C18H22N2/c1-6-20-12-18(3,4)15-11-14(8-10-17(15)20)16-9-7-13(2)19(16)5/h6-11H,1,12H2,2-5H3. The number of aryl methyl sites for hydroxylation is 1. The minimum absolute atomic E-state index is 0.166. The Labute approximate surface area is 121 Å². The van der Waals surface area contributed by atoms with Crippen LogP contribution in [-0.4, -0.2) is 11.1 Å². The molecule has 0 N–H and O–H groups in total. The summed E-state index contributed by atoms with van der Waals surface area (Å²) in [6.45, 7) is 11.7. The van der Waals surface area contributed by atoms with Gasteiger partial charge < -0.3 is 9.47 Å². The highest BCUT2D eigenvalue weighted by atomic mass is 15.1. The van der Waals surface area contributed by atoms with Gasteiger partial charge in [-0.1, -0.05) is 26.5 Å². The summed E-state index contributed by atoms with van der Waals surface area (Å²) in [7, 11) is 2.12. The van der Waals surface area contributed by atoms with Gasteiger partial charge in [0.2, 0.25) is 0 Å². The number of rotatable bonds is 2. The van der Waals surface area contributed by atoms with E-state index >= 15 is 0 Å². The molecule has 0 bridgehead atoms. The lowest BCUT2D eigenvalue weighted by molar-refractivity contribution is 0.568. The molecule has 0 spiro atoms. The van der Waals surface area contributed by atoms with Crippen LogP contribution in [0.1, 0.15) is 25.1 Å². The lowest BCUT2D eigenvalue weighted by Crippen LogP contribution is -2.24. The molecular weight excluding hydrogens is 244 g/mol. The zero-order chi connectivity index (χ0) is 14.5. The van der Waals surface area contributed by atoms with E-state index in [0.29, 0.717) is 0 Å². The third-order valence-electron chi connectivity index (χ3n) is 4.49. The van der Waals surface area contributed by atoms with E-state index in [1.54, 1.807) is 0 Å². The molecule has 2 heteroatoms. The molecule has 0 unspecified atom stereocenters. The van der Waals surface area contributed by atoms with Gasteiger partial charge in [0.25, 0.3) is 0 Å². The molecule has 1 aromatic carbocycles. The molecule has 1 aliphatic rings. The van der Waals surface area contributed by atoms with Gasteiger partial charge in [-0.05, 0) is 48.5 Å². The molecular formula is C18H22N2. The van der Waals surface area contributed by atoms with Crippen LogP contribution in [0.4, 0.5) is 5.69 Å². The lowest BCUT2D eigenvalue weighted by Gasteiger charge is -2.19. The normalized spacial score (nSPS) is 16.3. The van der Waals surface area contributed by atoms with Gasteiger partial charge in [-0.3, -0.25) is 0 Å². The lowest BCUT2D eigenvalue weighted by atomic mass is 9.86. The van der Waals surface area contributed by atoms with E-state index in [1.807, 2.05) is 6.20 Å². The van der Waals surface area contributed by atoms with Crippen LogP contribution in [0.25, 0.3) is 11.3 Å². The molecule has 3 rings (SSSR count). The molecule has 2 heterocycles. The molecule has 0 radical (unpaired) electrons. The van der Waals surface area contributed by atoms with Crippen molar-refractivity contribution in [3.63, 3.8) is 0 Å². The maximum Gasteiger partial charge on any atom is 0.0479 e. The molecule has 0 amide bonds. The second-order valence-electron chi connectivity index (χ2n) is 6.35. The highest BCUT2D eigenvalue weighted by Gasteiger charge is 2.34. The summed E-state index contributed by atoms with van der Waals surface area (Å²) in [4.78, 5) is 2.25. The maximum absolute atomic E-state index is 3.93. The van der Waals surface area contributed by atoms with Gasteiger partial charge in [-0.25, -0.2) is 0 Å². The average molecular weight is 266 g/mol. The summed E-state index contributed by atoms with van der Waals surface area (Å²) in [5.41, 5.74) is 6.72. The van der Waals surface area contributed by atoms with Gasteiger partial charge in [0.15, 0.2) is 0 Å². The minimum Gasteiger partial charge on any atom is -0.348 e. The van der Waals surface area contributed by atoms with Crippen molar-refractivity contribution < 1.29 is 0 Å². The van der Waals surface area contributed by atoms with E-state index in [2.05, 4.69) is 74.2 Å². The molecule has 1 aromatic heterocycles. The summed E-state index contributed by atoms with van der Waals surface area (Å²) < 4.78 is 2.24. The summed E-state index contributed by atoms with van der Waals surface area (Å²) >= 11 is 0. The fraction of sp³-hybridized carbons (Fsp3) is 0.333. The predicted octanol–water partition coefficient (Wildman–Crippen LogP) is 4.24. The highest BCUT2D eigenvalue weighted by Crippen LogP contribution is 2.42. The Hall–Kier alpha value is -1.96. The van der Waals surface area contributed by atoms with Gasteiger partial charge in [0.05, 0.1) is 0 Å². The Morgan fingerprint density at radius 1 is 1.20 bits per heavy atom. The van der Waals surface area contributed by atoms with E-state index in [0.717, 1.165) is 6.54 Å². The molecule has 2 aromatic rings. The summed E-state index contributed by atoms with van der Waals surface area (Å²) in [6.07, 6.45) is 1.93. The Bertz CT molecular complexity index is 677. The van der Waals surface area contributed by atoms with Crippen LogP contribution < -0.4 is 4.90 Å². The van der Waals surface area contributed by atoms with Crippen molar-refractivity contribution in [1.82, 2.24) is 4.57 Å². The summed E-state index contributed by atoms with van der Waals surface area (Å²) in [5, 5.41) is 0. The fourth-order valence-electron chi connectivity index (χ4n) is 3.15. The number of fused-ring (bicyclic) bond motifs is 1. The Balaban J connectivity index is 2.15. The Kier molecular flexibility index (Phi) is 2.79. The molecule has 104 valence electrons. The smallest absolute Gasteiger partial charge is 0.0479 e. The van der Waals surface area contributed by atoms with E-state index in [-0.39, 0.29) is 5.41 Å². The van der Waals surface area contributed by atoms with Crippen LogP contribution in [0, 0.1) is 6.92 Å². The van der Waals surface area contributed by atoms with Gasteiger partial charge in [0, 0.05) is 36.1 Å². The molecule has 0 atom stereocenters. The van der Waals surface area contributed by atoms with E-state index in [9.17, 15) is 0 Å². The molecule has 0 saturated heterocycles. The first-order chi connectivity index (χ1) is 9.44. The first-order valence-electron chi connectivity index (χ1n) is 7.10. The minimum atomic E-state index is 0.166. The van der Waals surface area contributed by atoms with Crippen molar-refractivity contribution in [2.24, 2.45) is 7.05 Å². The topological polar surface area (TPSA) is 8.17 Å². The van der Waals surface area contributed by atoms with Crippen LogP contribution >= 0.6 is 0 Å². The number of aromatic nitrogens is 1. The van der Waals surface area contributed by atoms with Crippen molar-refractivity contribution in [3.05, 3.63) is 54.4 Å². The second-order valence-corrected chi connectivity index (χ2v) is 6.35. The van der Waals surface area contributed by atoms with Crippen LogP contribution in [0.5, 0.6) is 0 Å². The van der Waals surface area contributed by atoms with Gasteiger partial charge in [0.1, 0.15) is 0 Å². The Morgan fingerprint density at radius 2 is 1.95 bits per heavy atom. The third-order valence-corrected chi connectivity index (χ3v) is 4.49. The van der Waals surface area contributed by atoms with Crippen molar-refractivity contribution in [3.8, 4) is 11.3 Å². The van der Waals surface area contributed by atoms with E-state index in [4.69, 9.17) is 0 Å². The first kappa shape index (κ1) is 13.0. The average Bonchev–Trinajstić information content (AvgIpc) is 2.88. The Morgan fingerprint density at radius 3 is 2.55 bits per heavy atom. The second kappa shape index (κ2) is 4.27. The largest absolute Gasteiger partial charge is 0.348 e. The van der Waals surface area contributed by atoms with Crippen LogP contribution in [0.2, 0.25) is 0 Å². The van der Waals surface area contributed by atoms with Crippen LogP contribution in [-0.2, 0) is 12.5 Å². The van der Waals surface area contributed by atoms with Gasteiger partial charge in [-0.15, -0.1) is 0 Å². The molecule has 0 aliphatic carbocycles. The number of anilines is 1. The first-order valence-corrected chi connectivity index (χ1v) is 7.10. The van der Waals surface area contributed by atoms with E-state index < -0.39 is 0 Å². The summed E-state index contributed by atoms with van der Waals surface area (Å²) in [6, 6.07) is 11.1. The highest BCUT2D eigenvalue weighted by molar-refractivity contribution is 5.72. The molecule has 1 aliphatic heterocycles. The summed E-state index contributed by atoms with van der Waals surface area (Å²) in [5.74, 6) is 0. The third kappa shape index (κ3) is 1.79.